The molecule has 0 bridgehead atoms. The van der Waals surface area contributed by atoms with E-state index in [0.29, 0.717) is 0 Å². The van der Waals surface area contributed by atoms with Crippen molar-refractivity contribution < 1.29 is 14.7 Å². The Labute approximate surface area is 117 Å². The molecule has 1 atom stereocenters. The van der Waals surface area contributed by atoms with Gasteiger partial charge in [0, 0.05) is 0 Å². The first-order valence-corrected chi connectivity index (χ1v) is 6.27. The Balaban J connectivity index is 2.19. The van der Waals surface area contributed by atoms with E-state index in [1.165, 1.54) is 12.1 Å². The van der Waals surface area contributed by atoms with E-state index in [1.807, 2.05) is 37.3 Å². The van der Waals surface area contributed by atoms with Gasteiger partial charge in [-0.3, -0.25) is 4.79 Å². The van der Waals surface area contributed by atoms with Gasteiger partial charge < -0.3 is 10.4 Å². The largest absolute Gasteiger partial charge is 0.478 e. The number of carbonyl (C=O) groups excluding carboxylic acids is 1. The number of carboxylic acids is 1. The molecule has 0 fully saturated rings. The van der Waals surface area contributed by atoms with Gasteiger partial charge in [-0.1, -0.05) is 42.5 Å². The molecule has 0 unspecified atom stereocenters. The van der Waals surface area contributed by atoms with E-state index in [1.54, 1.807) is 12.1 Å². The highest BCUT2D eigenvalue weighted by Crippen LogP contribution is 2.14. The molecule has 0 spiro atoms. The number of carboxylic acid groups (broad SMARTS) is 1. The lowest BCUT2D eigenvalue weighted by Gasteiger charge is -2.15. The Kier molecular flexibility index (Phi) is 4.15. The van der Waals surface area contributed by atoms with Crippen LogP contribution in [0.3, 0.4) is 0 Å². The van der Waals surface area contributed by atoms with Gasteiger partial charge in [-0.15, -0.1) is 0 Å². The molecule has 0 aliphatic heterocycles. The molecule has 102 valence electrons. The van der Waals surface area contributed by atoms with Crippen LogP contribution in [-0.4, -0.2) is 17.0 Å². The number of benzene rings is 2. The first-order valence-electron chi connectivity index (χ1n) is 6.27. The summed E-state index contributed by atoms with van der Waals surface area (Å²) in [6.45, 7) is 1.86. The molecule has 4 nitrogen and oxygen atoms in total. The quantitative estimate of drug-likeness (QED) is 0.896. The Morgan fingerprint density at radius 2 is 1.50 bits per heavy atom. The molecule has 0 aliphatic carbocycles. The Bertz CT molecular complexity index is 623. The van der Waals surface area contributed by atoms with E-state index < -0.39 is 5.97 Å². The summed E-state index contributed by atoms with van der Waals surface area (Å²) in [5.74, 6) is -1.50. The summed E-state index contributed by atoms with van der Waals surface area (Å²) in [5, 5.41) is 11.9. The lowest BCUT2D eigenvalue weighted by Crippen LogP contribution is -2.28. The normalized spacial score (nSPS) is 11.7. The number of hydrogen-bond acceptors (Lipinski definition) is 2. The highest BCUT2D eigenvalue weighted by atomic mass is 16.4. The maximum absolute atomic E-state index is 12.2. The topological polar surface area (TPSA) is 66.4 Å². The van der Waals surface area contributed by atoms with Gasteiger partial charge in [0.25, 0.3) is 5.91 Å². The molecule has 0 heterocycles. The van der Waals surface area contributed by atoms with Crippen molar-refractivity contribution in [3.8, 4) is 0 Å². The molecule has 2 N–H and O–H groups in total. The molecule has 0 aliphatic rings. The first-order chi connectivity index (χ1) is 9.59. The summed E-state index contributed by atoms with van der Waals surface area (Å²) < 4.78 is 0. The van der Waals surface area contributed by atoms with Crippen LogP contribution in [0.5, 0.6) is 0 Å². The van der Waals surface area contributed by atoms with E-state index in [4.69, 9.17) is 5.11 Å². The van der Waals surface area contributed by atoms with Gasteiger partial charge in [-0.05, 0) is 24.6 Å². The summed E-state index contributed by atoms with van der Waals surface area (Å²) in [6, 6.07) is 15.5. The van der Waals surface area contributed by atoms with Crippen LogP contribution in [0.1, 0.15) is 39.2 Å². The summed E-state index contributed by atoms with van der Waals surface area (Å²) in [4.78, 5) is 23.3. The second kappa shape index (κ2) is 6.02. The van der Waals surface area contributed by atoms with Gasteiger partial charge in [0.05, 0.1) is 17.2 Å². The number of carbonyl (C=O) groups is 2. The van der Waals surface area contributed by atoms with Crippen molar-refractivity contribution in [3.63, 3.8) is 0 Å². The first kappa shape index (κ1) is 13.8. The fraction of sp³-hybridized carbons (Fsp3) is 0.125. The van der Waals surface area contributed by atoms with E-state index >= 15 is 0 Å². The summed E-state index contributed by atoms with van der Waals surface area (Å²) in [6.07, 6.45) is 0. The highest BCUT2D eigenvalue weighted by molar-refractivity contribution is 6.04. The van der Waals surface area contributed by atoms with Crippen LogP contribution in [0, 0.1) is 0 Å². The maximum atomic E-state index is 12.2. The highest BCUT2D eigenvalue weighted by Gasteiger charge is 2.17. The standard InChI is InChI=1S/C16H15NO3/c1-11(12-7-3-2-4-8-12)17-15(18)13-9-5-6-10-14(13)16(19)20/h2-11H,1H3,(H,17,18)(H,19,20)/t11-/m1/s1. The summed E-state index contributed by atoms with van der Waals surface area (Å²) >= 11 is 0. The molecule has 4 heteroatoms. The van der Waals surface area contributed by atoms with Gasteiger partial charge in [-0.2, -0.15) is 0 Å². The number of amides is 1. The van der Waals surface area contributed by atoms with Gasteiger partial charge in [0.1, 0.15) is 0 Å². The Morgan fingerprint density at radius 1 is 0.950 bits per heavy atom. The number of hydrogen-bond donors (Lipinski definition) is 2. The van der Waals surface area contributed by atoms with E-state index in [-0.39, 0.29) is 23.1 Å². The van der Waals surface area contributed by atoms with Crippen LogP contribution in [0.4, 0.5) is 0 Å². The smallest absolute Gasteiger partial charge is 0.336 e. The van der Waals surface area contributed by atoms with E-state index in [0.717, 1.165) is 5.56 Å². The third kappa shape index (κ3) is 3.03. The number of rotatable bonds is 4. The van der Waals surface area contributed by atoms with Crippen LogP contribution in [0.2, 0.25) is 0 Å². The number of aromatic carboxylic acids is 1. The van der Waals surface area contributed by atoms with Crippen LogP contribution in [-0.2, 0) is 0 Å². The second-order valence-electron chi connectivity index (χ2n) is 4.46. The van der Waals surface area contributed by atoms with Crippen molar-refractivity contribution in [1.82, 2.24) is 5.32 Å². The maximum Gasteiger partial charge on any atom is 0.336 e. The van der Waals surface area contributed by atoms with Crippen molar-refractivity contribution in [1.29, 1.82) is 0 Å². The molecule has 2 aromatic rings. The Morgan fingerprint density at radius 3 is 2.10 bits per heavy atom. The van der Waals surface area contributed by atoms with Gasteiger partial charge in [0.15, 0.2) is 0 Å². The molecule has 1 amide bonds. The zero-order chi connectivity index (χ0) is 14.5. The fourth-order valence-electron chi connectivity index (χ4n) is 1.97. The van der Waals surface area contributed by atoms with E-state index in [2.05, 4.69) is 5.32 Å². The minimum atomic E-state index is -1.11. The van der Waals surface area contributed by atoms with E-state index in [9.17, 15) is 9.59 Å². The third-order valence-electron chi connectivity index (χ3n) is 3.05. The second-order valence-corrected chi connectivity index (χ2v) is 4.46. The summed E-state index contributed by atoms with van der Waals surface area (Å²) in [7, 11) is 0. The minimum absolute atomic E-state index is 0.00487. The molecule has 2 aromatic carbocycles. The van der Waals surface area contributed by atoms with Crippen LogP contribution < -0.4 is 5.32 Å². The molecule has 0 aromatic heterocycles. The van der Waals surface area contributed by atoms with Crippen LogP contribution in [0.15, 0.2) is 54.6 Å². The van der Waals surface area contributed by atoms with Crippen LogP contribution in [0.25, 0.3) is 0 Å². The molecular weight excluding hydrogens is 254 g/mol. The predicted molar refractivity (Wildman–Crippen MR) is 75.7 cm³/mol. The molecule has 20 heavy (non-hydrogen) atoms. The zero-order valence-corrected chi connectivity index (χ0v) is 11.0. The van der Waals surface area contributed by atoms with Crippen molar-refractivity contribution in [3.05, 3.63) is 71.3 Å². The van der Waals surface area contributed by atoms with Gasteiger partial charge in [0.2, 0.25) is 0 Å². The zero-order valence-electron chi connectivity index (χ0n) is 11.0. The molecule has 2 rings (SSSR count). The van der Waals surface area contributed by atoms with Gasteiger partial charge >= 0.3 is 5.97 Å². The van der Waals surface area contributed by atoms with Crippen LogP contribution >= 0.6 is 0 Å². The average Bonchev–Trinajstić information content (AvgIpc) is 2.48. The molecule has 0 radical (unpaired) electrons. The van der Waals surface area contributed by atoms with Crippen molar-refractivity contribution in [2.24, 2.45) is 0 Å². The van der Waals surface area contributed by atoms with Crippen molar-refractivity contribution >= 4 is 11.9 Å². The minimum Gasteiger partial charge on any atom is -0.478 e. The fourth-order valence-corrected chi connectivity index (χ4v) is 1.97. The molecule has 0 saturated heterocycles. The predicted octanol–water partition coefficient (Wildman–Crippen LogP) is 2.88. The van der Waals surface area contributed by atoms with Crippen molar-refractivity contribution in [2.75, 3.05) is 0 Å². The van der Waals surface area contributed by atoms with Crippen molar-refractivity contribution in [2.45, 2.75) is 13.0 Å². The average molecular weight is 269 g/mol. The summed E-state index contributed by atoms with van der Waals surface area (Å²) in [5.41, 5.74) is 1.14. The third-order valence-corrected chi connectivity index (χ3v) is 3.05. The molecule has 0 saturated carbocycles. The Hall–Kier alpha value is -2.62. The lowest BCUT2D eigenvalue weighted by molar-refractivity contribution is 0.0690. The molecular formula is C16H15NO3. The SMILES string of the molecule is C[C@@H](NC(=O)c1ccccc1C(=O)O)c1ccccc1. The monoisotopic (exact) mass is 269 g/mol. The lowest BCUT2D eigenvalue weighted by atomic mass is 10.0. The van der Waals surface area contributed by atoms with Gasteiger partial charge in [-0.25, -0.2) is 4.79 Å². The number of nitrogens with one attached hydrogen (secondary N) is 1.